The Kier molecular flexibility index (Phi) is 4.03. The van der Waals surface area contributed by atoms with Crippen molar-refractivity contribution in [2.45, 2.75) is 44.0 Å². The molecule has 0 bridgehead atoms. The normalized spacial score (nSPS) is 19.3. The Balaban J connectivity index is 1.63. The quantitative estimate of drug-likeness (QED) is 0.896. The molecule has 1 amide bonds. The van der Waals surface area contributed by atoms with E-state index in [9.17, 15) is 13.2 Å². The molecule has 4 rings (SSSR count). The van der Waals surface area contributed by atoms with Crippen LogP contribution in [-0.4, -0.2) is 20.4 Å². The van der Waals surface area contributed by atoms with Crippen LogP contribution in [0.25, 0.3) is 0 Å². The number of rotatable bonds is 4. The summed E-state index contributed by atoms with van der Waals surface area (Å²) in [4.78, 5) is 14.6. The van der Waals surface area contributed by atoms with Crippen LogP contribution >= 0.6 is 0 Å². The van der Waals surface area contributed by atoms with Crippen LogP contribution in [0.4, 0.5) is 11.4 Å². The number of aryl methyl sites for hydroxylation is 1. The zero-order chi connectivity index (χ0) is 18.5. The zero-order valence-corrected chi connectivity index (χ0v) is 15.7. The number of hydrogen-bond donors (Lipinski definition) is 1. The molecular weight excluding hydrogens is 348 g/mol. The third kappa shape index (κ3) is 3.09. The fourth-order valence-electron chi connectivity index (χ4n) is 3.56. The maximum absolute atomic E-state index is 12.7. The highest BCUT2D eigenvalue weighted by atomic mass is 32.2. The number of anilines is 2. The molecule has 5 nitrogen and oxygen atoms in total. The number of benzene rings is 2. The van der Waals surface area contributed by atoms with E-state index in [-0.39, 0.29) is 22.8 Å². The molecule has 1 heterocycles. The molecule has 1 fully saturated rings. The molecule has 1 saturated carbocycles. The van der Waals surface area contributed by atoms with E-state index in [0.717, 1.165) is 29.7 Å². The van der Waals surface area contributed by atoms with Crippen molar-refractivity contribution in [3.8, 4) is 0 Å². The van der Waals surface area contributed by atoms with Crippen molar-refractivity contribution in [1.82, 2.24) is 0 Å². The van der Waals surface area contributed by atoms with Gasteiger partial charge in [0.25, 0.3) is 10.0 Å². The van der Waals surface area contributed by atoms with Crippen molar-refractivity contribution in [1.29, 1.82) is 0 Å². The summed E-state index contributed by atoms with van der Waals surface area (Å²) < 4.78 is 28.1. The molecule has 2 aromatic rings. The summed E-state index contributed by atoms with van der Waals surface area (Å²) in [6.45, 7) is 3.93. The number of carbonyl (C=O) groups is 1. The number of fused-ring (bicyclic) bond motifs is 1. The topological polar surface area (TPSA) is 66.5 Å². The predicted molar refractivity (Wildman–Crippen MR) is 102 cm³/mol. The molecule has 2 aliphatic rings. The predicted octanol–water partition coefficient (Wildman–Crippen LogP) is 3.48. The van der Waals surface area contributed by atoms with Gasteiger partial charge in [-0.05, 0) is 74.6 Å². The molecule has 26 heavy (non-hydrogen) atoms. The molecule has 1 unspecified atom stereocenters. The highest BCUT2D eigenvalue weighted by Gasteiger charge is 2.39. The first-order valence-corrected chi connectivity index (χ1v) is 10.4. The second-order valence-corrected chi connectivity index (χ2v) is 8.98. The lowest BCUT2D eigenvalue weighted by molar-refractivity contribution is -0.120. The fraction of sp³-hybridized carbons (Fsp3) is 0.350. The van der Waals surface area contributed by atoms with Gasteiger partial charge in [-0.1, -0.05) is 12.1 Å². The van der Waals surface area contributed by atoms with Crippen LogP contribution in [0.3, 0.4) is 0 Å². The summed E-state index contributed by atoms with van der Waals surface area (Å²) in [6, 6.07) is 12.4. The van der Waals surface area contributed by atoms with Crippen LogP contribution in [0.1, 0.15) is 30.9 Å². The van der Waals surface area contributed by atoms with Crippen LogP contribution in [0, 0.1) is 12.8 Å². The molecule has 0 aromatic heterocycles. The number of nitrogens with zero attached hydrogens (tertiary/aromatic N) is 1. The van der Waals surface area contributed by atoms with Gasteiger partial charge in [-0.15, -0.1) is 0 Å². The number of nitrogens with one attached hydrogen (secondary N) is 1. The number of hydrogen-bond acceptors (Lipinski definition) is 3. The van der Waals surface area contributed by atoms with E-state index in [1.165, 1.54) is 0 Å². The maximum atomic E-state index is 12.7. The molecule has 2 aromatic carbocycles. The van der Waals surface area contributed by atoms with E-state index < -0.39 is 10.0 Å². The van der Waals surface area contributed by atoms with Gasteiger partial charge in [0, 0.05) is 23.3 Å². The van der Waals surface area contributed by atoms with Crippen LogP contribution in [0.5, 0.6) is 0 Å². The molecule has 0 saturated heterocycles. The molecule has 0 radical (unpaired) electrons. The average molecular weight is 370 g/mol. The maximum Gasteiger partial charge on any atom is 0.261 e. The van der Waals surface area contributed by atoms with Crippen molar-refractivity contribution in [2.24, 2.45) is 5.92 Å². The Bertz CT molecular complexity index is 980. The standard InChI is InChI=1S/C20H22N2O3S/c1-13-4-3-5-17(10-13)21-26(24,25)18-8-9-19-16(12-18)11-14(2)22(19)20(23)15-6-7-15/h3-5,8-10,12,14-15,21H,6-7,11H2,1-2H3. The monoisotopic (exact) mass is 370 g/mol. The molecule has 1 aliphatic heterocycles. The fourth-order valence-corrected chi connectivity index (χ4v) is 4.66. The van der Waals surface area contributed by atoms with Crippen molar-refractivity contribution in [2.75, 3.05) is 9.62 Å². The summed E-state index contributed by atoms with van der Waals surface area (Å²) in [5.74, 6) is 0.319. The molecule has 0 spiro atoms. The second kappa shape index (κ2) is 6.13. The third-order valence-electron chi connectivity index (χ3n) is 5.01. The van der Waals surface area contributed by atoms with Crippen LogP contribution in [-0.2, 0) is 21.2 Å². The third-order valence-corrected chi connectivity index (χ3v) is 6.39. The van der Waals surface area contributed by atoms with Crippen LogP contribution < -0.4 is 9.62 Å². The van der Waals surface area contributed by atoms with E-state index in [1.807, 2.05) is 30.9 Å². The van der Waals surface area contributed by atoms with Gasteiger partial charge in [0.05, 0.1) is 4.90 Å². The Labute approximate surface area is 154 Å². The Hall–Kier alpha value is -2.34. The van der Waals surface area contributed by atoms with Crippen LogP contribution in [0.2, 0.25) is 0 Å². The second-order valence-electron chi connectivity index (χ2n) is 7.30. The zero-order valence-electron chi connectivity index (χ0n) is 14.9. The molecule has 1 atom stereocenters. The smallest absolute Gasteiger partial charge is 0.261 e. The van der Waals surface area contributed by atoms with E-state index in [4.69, 9.17) is 0 Å². The minimum absolute atomic E-state index is 0.0702. The van der Waals surface area contributed by atoms with E-state index in [1.54, 1.807) is 30.3 Å². The Morgan fingerprint density at radius 1 is 1.15 bits per heavy atom. The minimum atomic E-state index is -3.66. The van der Waals surface area contributed by atoms with Gasteiger partial charge in [0.1, 0.15) is 0 Å². The summed E-state index contributed by atoms with van der Waals surface area (Å²) in [7, 11) is -3.66. The van der Waals surface area contributed by atoms with Gasteiger partial charge >= 0.3 is 0 Å². The SMILES string of the molecule is Cc1cccc(NS(=O)(=O)c2ccc3c(c2)CC(C)N3C(=O)C2CC2)c1. The first-order valence-electron chi connectivity index (χ1n) is 8.90. The van der Waals surface area contributed by atoms with E-state index in [2.05, 4.69) is 4.72 Å². The van der Waals surface area contributed by atoms with Gasteiger partial charge in [0.2, 0.25) is 5.91 Å². The number of sulfonamides is 1. The molecular formula is C20H22N2O3S. The molecule has 136 valence electrons. The number of carbonyl (C=O) groups excluding carboxylic acids is 1. The Morgan fingerprint density at radius 2 is 1.92 bits per heavy atom. The van der Waals surface area contributed by atoms with E-state index in [0.29, 0.717) is 12.1 Å². The van der Waals surface area contributed by atoms with E-state index >= 15 is 0 Å². The lowest BCUT2D eigenvalue weighted by atomic mass is 10.1. The van der Waals surface area contributed by atoms with Gasteiger partial charge in [0.15, 0.2) is 0 Å². The lowest BCUT2D eigenvalue weighted by Crippen LogP contribution is -2.36. The summed E-state index contributed by atoms with van der Waals surface area (Å²) in [5.41, 5.74) is 3.30. The number of amides is 1. The van der Waals surface area contributed by atoms with Crippen molar-refractivity contribution < 1.29 is 13.2 Å². The van der Waals surface area contributed by atoms with Gasteiger partial charge in [-0.3, -0.25) is 9.52 Å². The van der Waals surface area contributed by atoms with Crippen molar-refractivity contribution in [3.63, 3.8) is 0 Å². The minimum Gasteiger partial charge on any atom is -0.309 e. The van der Waals surface area contributed by atoms with Crippen molar-refractivity contribution in [3.05, 3.63) is 53.6 Å². The highest BCUT2D eigenvalue weighted by molar-refractivity contribution is 7.92. The van der Waals surface area contributed by atoms with Crippen LogP contribution in [0.15, 0.2) is 47.4 Å². The summed E-state index contributed by atoms with van der Waals surface area (Å²) in [5, 5.41) is 0. The molecule has 6 heteroatoms. The highest BCUT2D eigenvalue weighted by Crippen LogP contribution is 2.39. The molecule has 1 aliphatic carbocycles. The summed E-state index contributed by atoms with van der Waals surface area (Å²) in [6.07, 6.45) is 2.61. The van der Waals surface area contributed by atoms with Gasteiger partial charge in [-0.25, -0.2) is 8.42 Å². The Morgan fingerprint density at radius 3 is 2.62 bits per heavy atom. The lowest BCUT2D eigenvalue weighted by Gasteiger charge is -2.22. The average Bonchev–Trinajstić information content (AvgIpc) is 3.36. The molecule has 1 N–H and O–H groups in total. The van der Waals surface area contributed by atoms with Crippen molar-refractivity contribution >= 4 is 27.3 Å². The van der Waals surface area contributed by atoms with Gasteiger partial charge in [-0.2, -0.15) is 0 Å². The first kappa shape index (κ1) is 17.1. The largest absolute Gasteiger partial charge is 0.309 e. The van der Waals surface area contributed by atoms with Gasteiger partial charge < -0.3 is 4.90 Å². The summed E-state index contributed by atoms with van der Waals surface area (Å²) >= 11 is 0. The first-order chi connectivity index (χ1) is 12.3.